The summed E-state index contributed by atoms with van der Waals surface area (Å²) in [6, 6.07) is 22.6. The van der Waals surface area contributed by atoms with Gasteiger partial charge in [0, 0.05) is 0 Å². The van der Waals surface area contributed by atoms with Crippen LogP contribution in [0.25, 0.3) is 11.1 Å². The van der Waals surface area contributed by atoms with Gasteiger partial charge in [-0.2, -0.15) is 35.9 Å². The van der Waals surface area contributed by atoms with Crippen LogP contribution < -0.4 is 5.30 Å². The Morgan fingerprint density at radius 3 is 1.95 bits per heavy atom. The van der Waals surface area contributed by atoms with Gasteiger partial charge in [-0.05, 0) is 12.1 Å². The Kier molecular flexibility index (Phi) is 6.73. The zero-order valence-corrected chi connectivity index (χ0v) is 12.5. The third-order valence-corrected chi connectivity index (χ3v) is 3.06. The molecular weight excluding hydrogens is 298 g/mol. The van der Waals surface area contributed by atoms with Gasteiger partial charge in [-0.25, -0.2) is 22.6 Å². The van der Waals surface area contributed by atoms with Gasteiger partial charge in [0.15, 0.2) is 0 Å². The first-order valence-electron chi connectivity index (χ1n) is 5.71. The van der Waals surface area contributed by atoms with Gasteiger partial charge in [0.1, 0.15) is 5.82 Å². The number of hydrogen-bond donors (Lipinski definition) is 0. The van der Waals surface area contributed by atoms with Crippen LogP contribution in [0.1, 0.15) is 0 Å². The Labute approximate surface area is 126 Å². The third kappa shape index (κ3) is 4.76. The molecule has 3 heteroatoms. The molecule has 0 radical (unpaired) electrons. The van der Waals surface area contributed by atoms with Gasteiger partial charge in [-0.15, -0.1) is 14.5 Å². The van der Waals surface area contributed by atoms with Crippen LogP contribution >= 0.6 is 9.24 Å². The van der Waals surface area contributed by atoms with E-state index in [2.05, 4.69) is 9.24 Å². The molecule has 0 aromatic heterocycles. The Morgan fingerprint density at radius 2 is 1.53 bits per heavy atom. The van der Waals surface area contributed by atoms with Crippen molar-refractivity contribution in [3.8, 4) is 11.1 Å². The van der Waals surface area contributed by atoms with E-state index in [4.69, 9.17) is 0 Å². The maximum Gasteiger partial charge on any atom is 2.00 e. The average molecular weight is 312 g/mol. The first-order valence-corrected chi connectivity index (χ1v) is 6.29. The second-order valence-corrected chi connectivity index (χ2v) is 4.49. The molecule has 3 aromatic carbocycles. The Bertz CT molecular complexity index is 550. The van der Waals surface area contributed by atoms with Gasteiger partial charge in [-0.1, -0.05) is 17.7 Å². The summed E-state index contributed by atoms with van der Waals surface area (Å²) in [7, 11) is 2.66. The molecule has 1 unspecified atom stereocenters. The molecule has 0 heterocycles. The van der Waals surface area contributed by atoms with Crippen LogP contribution in [0.2, 0.25) is 0 Å². The molecule has 0 N–H and O–H groups in total. The predicted molar refractivity (Wildman–Crippen MR) is 78.8 cm³/mol. The molecule has 3 aromatic rings. The molecule has 0 fully saturated rings. The summed E-state index contributed by atoms with van der Waals surface area (Å²) in [5.41, 5.74) is 2.20. The fourth-order valence-electron chi connectivity index (χ4n) is 1.65. The Balaban J connectivity index is 0.000000256. The van der Waals surface area contributed by atoms with E-state index >= 15 is 0 Å². The van der Waals surface area contributed by atoms with E-state index in [0.29, 0.717) is 0 Å². The molecular formula is C16H14FFeP. The van der Waals surface area contributed by atoms with E-state index < -0.39 is 0 Å². The number of rotatable bonds is 1. The smallest absolute Gasteiger partial charge is 0.214 e. The molecule has 98 valence electrons. The quantitative estimate of drug-likeness (QED) is 0.360. The van der Waals surface area contributed by atoms with Crippen LogP contribution in [0.15, 0.2) is 72.8 Å². The molecule has 19 heavy (non-hydrogen) atoms. The van der Waals surface area contributed by atoms with Gasteiger partial charge in [-0.3, -0.25) is 0 Å². The third-order valence-electron chi connectivity index (χ3n) is 2.56. The van der Waals surface area contributed by atoms with Crippen molar-refractivity contribution in [2.75, 3.05) is 0 Å². The van der Waals surface area contributed by atoms with Crippen LogP contribution in [0.5, 0.6) is 0 Å². The van der Waals surface area contributed by atoms with Crippen molar-refractivity contribution >= 4 is 14.5 Å². The van der Waals surface area contributed by atoms with Crippen LogP contribution in [0.4, 0.5) is 4.39 Å². The van der Waals surface area contributed by atoms with Crippen molar-refractivity contribution in [3.63, 3.8) is 0 Å². The molecule has 0 aliphatic rings. The van der Waals surface area contributed by atoms with Gasteiger partial charge in [0.2, 0.25) is 0 Å². The molecule has 0 amide bonds. The zero-order valence-electron chi connectivity index (χ0n) is 10.2. The summed E-state index contributed by atoms with van der Waals surface area (Å²) < 4.78 is 12.6. The predicted octanol–water partition coefficient (Wildman–Crippen LogP) is 4.12. The second kappa shape index (κ2) is 8.07. The van der Waals surface area contributed by atoms with Crippen molar-refractivity contribution in [2.24, 2.45) is 0 Å². The standard InChI is InChI=1S/C11H9FP.C5H5.Fe/c12-9-6-4-8(5-7-9)10-2-1-3-11(10)13;1-2-4-5-3-1;/h1-7H,13H2;1-5H;/q2*-1;+2. The molecule has 0 aliphatic heterocycles. The van der Waals surface area contributed by atoms with E-state index in [1.807, 2.05) is 48.5 Å². The summed E-state index contributed by atoms with van der Waals surface area (Å²) in [5.74, 6) is -0.194. The van der Waals surface area contributed by atoms with Crippen LogP contribution in [-0.4, -0.2) is 0 Å². The van der Waals surface area contributed by atoms with Gasteiger partial charge in [0.25, 0.3) is 0 Å². The fraction of sp³-hybridized carbons (Fsp3) is 0. The number of benzene rings is 1. The molecule has 0 nitrogen and oxygen atoms in total. The van der Waals surface area contributed by atoms with Crippen molar-refractivity contribution in [2.45, 2.75) is 0 Å². The number of halogens is 1. The number of hydrogen-bond acceptors (Lipinski definition) is 0. The van der Waals surface area contributed by atoms with Crippen LogP contribution in [-0.2, 0) is 17.1 Å². The first kappa shape index (κ1) is 15.9. The molecule has 0 saturated carbocycles. The molecule has 0 saturated heterocycles. The fourth-order valence-corrected chi connectivity index (χ4v) is 2.02. The topological polar surface area (TPSA) is 0 Å². The van der Waals surface area contributed by atoms with Gasteiger partial charge in [0.05, 0.1) is 0 Å². The largest absolute Gasteiger partial charge is 2.00 e. The molecule has 0 aliphatic carbocycles. The van der Waals surface area contributed by atoms with Crippen LogP contribution in [0, 0.1) is 5.82 Å². The monoisotopic (exact) mass is 312 g/mol. The Morgan fingerprint density at radius 1 is 0.895 bits per heavy atom. The maximum atomic E-state index is 12.6. The second-order valence-electron chi connectivity index (χ2n) is 3.86. The Hall–Kier alpha value is -1.20. The minimum absolute atomic E-state index is 0. The summed E-state index contributed by atoms with van der Waals surface area (Å²) in [4.78, 5) is 0. The minimum Gasteiger partial charge on any atom is -0.214 e. The summed E-state index contributed by atoms with van der Waals surface area (Å²) in [6.07, 6.45) is 0. The van der Waals surface area contributed by atoms with Gasteiger partial charge < -0.3 is 0 Å². The zero-order chi connectivity index (χ0) is 12.8. The SMILES string of the molecule is Fc1ccc(-c2cc[cH-]c2P)cc1.[Fe+2].c1cc[cH-]c1. The van der Waals surface area contributed by atoms with E-state index in [1.54, 1.807) is 12.1 Å². The molecule has 3 rings (SSSR count). The van der Waals surface area contributed by atoms with Crippen molar-refractivity contribution < 1.29 is 21.5 Å². The van der Waals surface area contributed by atoms with Crippen molar-refractivity contribution in [3.05, 3.63) is 78.6 Å². The first-order chi connectivity index (χ1) is 8.77. The molecule has 0 spiro atoms. The summed E-state index contributed by atoms with van der Waals surface area (Å²) in [6.45, 7) is 0. The molecule has 1 atom stereocenters. The summed E-state index contributed by atoms with van der Waals surface area (Å²) in [5, 5.41) is 1.15. The van der Waals surface area contributed by atoms with E-state index in [-0.39, 0.29) is 22.9 Å². The molecule has 0 bridgehead atoms. The van der Waals surface area contributed by atoms with Gasteiger partial charge >= 0.3 is 17.1 Å². The van der Waals surface area contributed by atoms with E-state index in [9.17, 15) is 4.39 Å². The normalized spacial score (nSPS) is 9.16. The van der Waals surface area contributed by atoms with Crippen LogP contribution in [0.3, 0.4) is 0 Å². The minimum atomic E-state index is -0.194. The summed E-state index contributed by atoms with van der Waals surface area (Å²) >= 11 is 0. The van der Waals surface area contributed by atoms with E-state index in [1.165, 1.54) is 12.1 Å². The van der Waals surface area contributed by atoms with Crippen molar-refractivity contribution in [1.29, 1.82) is 0 Å². The van der Waals surface area contributed by atoms with Crippen molar-refractivity contribution in [1.82, 2.24) is 0 Å². The van der Waals surface area contributed by atoms with E-state index in [0.717, 1.165) is 16.4 Å². The average Bonchev–Trinajstić information content (AvgIpc) is 3.04. The maximum absolute atomic E-state index is 12.6.